The largest absolute Gasteiger partial charge is 0.394 e. The van der Waals surface area contributed by atoms with Crippen molar-refractivity contribution >= 4 is 88.7 Å². The molecule has 2 aromatic carbocycles. The Labute approximate surface area is 543 Å². The molecule has 0 aliphatic rings. The molecule has 0 saturated heterocycles. The second-order valence-corrected chi connectivity index (χ2v) is 21.8. The number of rotatable bonds is 43. The summed E-state index contributed by atoms with van der Waals surface area (Å²) in [6, 6.07) is 3.52. The normalized spacial score (nSPS) is 14.3. The lowest BCUT2D eigenvalue weighted by Crippen LogP contribution is -2.60. The van der Waals surface area contributed by atoms with E-state index in [1.165, 1.54) is 27.7 Å². The van der Waals surface area contributed by atoms with Gasteiger partial charge in [-0.1, -0.05) is 60.7 Å². The summed E-state index contributed by atoms with van der Waals surface area (Å²) in [7, 11) is 0. The third-order valence-corrected chi connectivity index (χ3v) is 13.8. The van der Waals surface area contributed by atoms with E-state index in [9.17, 15) is 72.5 Å². The predicted octanol–water partition coefficient (Wildman–Crippen LogP) is -9.33. The van der Waals surface area contributed by atoms with E-state index in [1.807, 2.05) is 0 Å². The van der Waals surface area contributed by atoms with Gasteiger partial charge in [-0.3, -0.25) is 72.3 Å². The smallest absolute Gasteiger partial charge is 0.245 e. The topological polar surface area (TPSA) is 614 Å². The average Bonchev–Trinajstić information content (AvgIpc) is 1.04. The maximum atomic E-state index is 13.8. The summed E-state index contributed by atoms with van der Waals surface area (Å²) in [4.78, 5) is 179. The average molecular weight is 1320 g/mol. The van der Waals surface area contributed by atoms with Crippen LogP contribution in [0, 0.1) is 0 Å². The molecule has 2 rings (SSSR count). The Balaban J connectivity index is 2.08. The van der Waals surface area contributed by atoms with Gasteiger partial charge in [-0.2, -0.15) is 0 Å². The minimum Gasteiger partial charge on any atom is -0.394 e. The minimum atomic E-state index is -1.71. The number of nitrogens with two attached hydrogens (primary N) is 7. The zero-order valence-electron chi connectivity index (χ0n) is 53.1. The van der Waals surface area contributed by atoms with Crippen LogP contribution in [0.3, 0.4) is 0 Å². The molecule has 0 saturated carbocycles. The van der Waals surface area contributed by atoms with E-state index in [1.54, 1.807) is 60.7 Å². The van der Waals surface area contributed by atoms with Crippen LogP contribution >= 0.6 is 0 Å². The molecule has 0 aliphatic heterocycles. The van der Waals surface area contributed by atoms with Gasteiger partial charge < -0.3 is 114 Å². The van der Waals surface area contributed by atoms with Gasteiger partial charge in [0.25, 0.3) is 0 Å². The molecule has 36 heteroatoms. The van der Waals surface area contributed by atoms with E-state index < -0.39 is 170 Å². The van der Waals surface area contributed by atoms with Crippen molar-refractivity contribution in [3.63, 3.8) is 0 Å². The third-order valence-electron chi connectivity index (χ3n) is 13.8. The van der Waals surface area contributed by atoms with Crippen LogP contribution < -0.4 is 104 Å². The number of primary amides is 1. The van der Waals surface area contributed by atoms with Crippen molar-refractivity contribution in [2.45, 2.75) is 152 Å². The third kappa shape index (κ3) is 31.8. The number of aliphatic imine (C=N–C) groups is 2. The van der Waals surface area contributed by atoms with Crippen LogP contribution in [0.1, 0.15) is 83.8 Å². The van der Waals surface area contributed by atoms with Crippen molar-refractivity contribution in [2.75, 3.05) is 45.9 Å². The first kappa shape index (κ1) is 80.0. The van der Waals surface area contributed by atoms with E-state index in [-0.39, 0.29) is 70.0 Å². The first-order valence-electron chi connectivity index (χ1n) is 30.2. The summed E-state index contributed by atoms with van der Waals surface area (Å²) in [5, 5.41) is 49.4. The molecular weight excluding hydrogens is 1230 g/mol. The zero-order valence-corrected chi connectivity index (χ0v) is 53.1. The second-order valence-electron chi connectivity index (χ2n) is 21.8. The van der Waals surface area contributed by atoms with E-state index in [0.717, 1.165) is 5.56 Å². The Bertz CT molecular complexity index is 2920. The molecule has 13 amide bonds. The van der Waals surface area contributed by atoms with Gasteiger partial charge in [0.15, 0.2) is 11.9 Å². The highest BCUT2D eigenvalue weighted by atomic mass is 16.3. The maximum Gasteiger partial charge on any atom is 0.245 e. The molecule has 0 heterocycles. The first-order chi connectivity index (χ1) is 44.5. The summed E-state index contributed by atoms with van der Waals surface area (Å²) in [5.74, 6) is -12.1. The molecule has 11 atom stereocenters. The summed E-state index contributed by atoms with van der Waals surface area (Å²) >= 11 is 0. The molecule has 28 N–H and O–H groups in total. The summed E-state index contributed by atoms with van der Waals surface area (Å²) < 4.78 is 0. The Hall–Kier alpha value is -10.1. The molecule has 0 bridgehead atoms. The van der Waals surface area contributed by atoms with E-state index in [0.29, 0.717) is 24.9 Å². The van der Waals surface area contributed by atoms with Gasteiger partial charge in [0.2, 0.25) is 76.8 Å². The van der Waals surface area contributed by atoms with E-state index in [2.05, 4.69) is 73.8 Å². The van der Waals surface area contributed by atoms with Crippen molar-refractivity contribution in [3.05, 3.63) is 71.8 Å². The van der Waals surface area contributed by atoms with Gasteiger partial charge in [0.05, 0.1) is 38.4 Å². The number of aliphatic hydroxyl groups is 2. The number of carbonyl (C=O) groups is 13. The standard InChI is InChI=1S/C58H93N21O15/c1-31(71-44(83)29-70-56(94)46(34(4)81)79-54(92)41(26-36-17-9-6-10-18-36)74-45(84)28-68-43(82)27-69-51(89)37(60)25-35-15-7-5-8-16-35)48(86)76-39(20-13-23-66-57(62)63)52(90)72-33(3)50(88)78-42(30-80)55(93)73-32(2)49(87)77-40(21-14-24-67-58(64)65)53(91)75-38(47(61)85)19-11-12-22-59/h5-10,15-18,31-34,37-42,46,80-81H,11-14,19-30,59-60H2,1-4H3,(H2,61,85)(H,68,82)(H,69,89)(H,70,94)(H,71,83)(H,72,90)(H,73,93)(H,74,84)(H,75,91)(H,76,86)(H,77,87)(H,78,88)(H,79,92)(H4,62,63,66)(H4,64,65,67)/t31-,32-,33-,34+,37-,38-,39-,40-,41-,42-,46-/m0/s1. The number of hydrogen-bond donors (Lipinski definition) is 21. The lowest BCUT2D eigenvalue weighted by atomic mass is 10.0. The fraction of sp³-hybridized carbons (Fsp3) is 0.534. The van der Waals surface area contributed by atoms with Crippen LogP contribution in [0.2, 0.25) is 0 Å². The highest BCUT2D eigenvalue weighted by Gasteiger charge is 2.34. The lowest BCUT2D eigenvalue weighted by Gasteiger charge is -2.25. The molecule has 520 valence electrons. The molecule has 0 radical (unpaired) electrons. The van der Waals surface area contributed by atoms with Gasteiger partial charge in [-0.15, -0.1) is 0 Å². The Morgan fingerprint density at radius 3 is 1.31 bits per heavy atom. The molecule has 0 spiro atoms. The molecular formula is C58H93N21O15. The highest BCUT2D eigenvalue weighted by Crippen LogP contribution is 2.09. The van der Waals surface area contributed by atoms with Crippen molar-refractivity contribution < 1.29 is 72.5 Å². The number of guanidine groups is 2. The maximum absolute atomic E-state index is 13.8. The van der Waals surface area contributed by atoms with Crippen molar-refractivity contribution in [3.8, 4) is 0 Å². The van der Waals surface area contributed by atoms with Gasteiger partial charge in [-0.05, 0) is 96.7 Å². The Morgan fingerprint density at radius 1 is 0.426 bits per heavy atom. The van der Waals surface area contributed by atoms with E-state index >= 15 is 0 Å². The lowest BCUT2D eigenvalue weighted by molar-refractivity contribution is -0.136. The second kappa shape index (κ2) is 42.9. The first-order valence-corrected chi connectivity index (χ1v) is 30.2. The molecule has 0 aliphatic carbocycles. The van der Waals surface area contributed by atoms with Crippen molar-refractivity contribution in [2.24, 2.45) is 50.1 Å². The zero-order chi connectivity index (χ0) is 70.5. The number of benzene rings is 2. The van der Waals surface area contributed by atoms with Crippen molar-refractivity contribution in [1.82, 2.24) is 63.8 Å². The highest BCUT2D eigenvalue weighted by molar-refractivity contribution is 5.99. The fourth-order valence-electron chi connectivity index (χ4n) is 8.54. The molecule has 2 aromatic rings. The summed E-state index contributed by atoms with van der Waals surface area (Å²) in [6.45, 7) is 2.28. The van der Waals surface area contributed by atoms with Gasteiger partial charge >= 0.3 is 0 Å². The molecule has 94 heavy (non-hydrogen) atoms. The summed E-state index contributed by atoms with van der Waals surface area (Å²) in [5.41, 5.74) is 40.1. The number of hydrogen-bond acceptors (Lipinski definition) is 19. The quantitative estimate of drug-likeness (QED) is 0.0167. The Kier molecular flexibility index (Phi) is 36.5. The van der Waals surface area contributed by atoms with Crippen LogP contribution in [-0.2, 0) is 75.2 Å². The van der Waals surface area contributed by atoms with Crippen LogP contribution in [0.25, 0.3) is 0 Å². The van der Waals surface area contributed by atoms with Crippen LogP contribution in [0.15, 0.2) is 70.6 Å². The van der Waals surface area contributed by atoms with Gasteiger partial charge in [-0.25, -0.2) is 0 Å². The van der Waals surface area contributed by atoms with Gasteiger partial charge in [0.1, 0.15) is 54.4 Å². The summed E-state index contributed by atoms with van der Waals surface area (Å²) in [6.07, 6.45) is -0.226. The number of amides is 13. The number of carbonyl (C=O) groups excluding carboxylic acids is 13. The molecule has 0 aromatic heterocycles. The van der Waals surface area contributed by atoms with E-state index in [4.69, 9.17) is 40.1 Å². The minimum absolute atomic E-state index is 0.0154. The molecule has 36 nitrogen and oxygen atoms in total. The molecule has 0 unspecified atom stereocenters. The van der Waals surface area contributed by atoms with Crippen LogP contribution in [0.5, 0.6) is 0 Å². The monoisotopic (exact) mass is 1320 g/mol. The predicted molar refractivity (Wildman–Crippen MR) is 342 cm³/mol. The van der Waals surface area contributed by atoms with Crippen LogP contribution in [0.4, 0.5) is 0 Å². The fourth-order valence-corrected chi connectivity index (χ4v) is 8.54. The van der Waals surface area contributed by atoms with Gasteiger partial charge in [0, 0.05) is 19.5 Å². The molecule has 0 fully saturated rings. The number of unbranched alkanes of at least 4 members (excludes halogenated alkanes) is 1. The Morgan fingerprint density at radius 2 is 0.830 bits per heavy atom. The number of nitrogens with one attached hydrogen (secondary N) is 12. The number of nitrogens with zero attached hydrogens (tertiary/aromatic N) is 2. The number of aliphatic hydroxyl groups excluding tert-OH is 2. The van der Waals surface area contributed by atoms with Crippen LogP contribution in [-0.4, -0.2) is 211 Å². The SMILES string of the molecule is C[C@H](NC(=O)CNC(=O)[C@@H](NC(=O)[C@H](Cc1ccccc1)NC(=O)CNC(=O)CNC(=O)[C@@H](N)Cc1ccccc1)[C@@H](C)O)C(=O)N[C@@H](CCCN=C(N)N)C(=O)N[C@@H](C)C(=O)N[C@@H](CO)C(=O)N[C@@H](C)C(=O)N[C@@H](CCCN=C(N)N)C(=O)N[C@@H](CCCCN)C(N)=O. The van der Waals surface area contributed by atoms with Crippen molar-refractivity contribution in [1.29, 1.82) is 0 Å².